The standard InChI is InChI=1S/C15H19N3O2S2.ClH/c1-2-10-3-4-12(22-10)11-9-21-14(17-11)18-13(19)15(16)5-7-20-8-6-15;/h3-4,9H,2,5-8,16H2,1H3,(H,17,18,19);1H. The van der Waals surface area contributed by atoms with Gasteiger partial charge in [-0.3, -0.25) is 4.79 Å². The minimum atomic E-state index is -0.845. The average Bonchev–Trinajstić information content (AvgIpc) is 3.16. The maximum Gasteiger partial charge on any atom is 0.246 e. The van der Waals surface area contributed by atoms with Crippen LogP contribution in [0.1, 0.15) is 24.6 Å². The van der Waals surface area contributed by atoms with Gasteiger partial charge in [-0.2, -0.15) is 0 Å². The van der Waals surface area contributed by atoms with Gasteiger partial charge in [0.05, 0.1) is 10.6 Å². The van der Waals surface area contributed by atoms with Crippen molar-refractivity contribution in [3.05, 3.63) is 22.4 Å². The first-order valence-electron chi connectivity index (χ1n) is 7.33. The van der Waals surface area contributed by atoms with Gasteiger partial charge in [0, 0.05) is 23.5 Å². The Morgan fingerprint density at radius 1 is 1.43 bits per heavy atom. The molecule has 0 aliphatic carbocycles. The monoisotopic (exact) mass is 373 g/mol. The molecule has 3 heterocycles. The first-order valence-corrected chi connectivity index (χ1v) is 9.03. The average molecular weight is 374 g/mol. The molecule has 1 fully saturated rings. The molecule has 5 nitrogen and oxygen atoms in total. The highest BCUT2D eigenvalue weighted by molar-refractivity contribution is 7.17. The first-order chi connectivity index (χ1) is 10.6. The molecule has 1 amide bonds. The van der Waals surface area contributed by atoms with E-state index in [1.165, 1.54) is 16.2 Å². The Bertz CT molecular complexity index is 665. The number of ether oxygens (including phenoxy) is 1. The number of carbonyl (C=O) groups is 1. The number of halogens is 1. The van der Waals surface area contributed by atoms with E-state index in [4.69, 9.17) is 10.5 Å². The van der Waals surface area contributed by atoms with Gasteiger partial charge in [0.2, 0.25) is 5.91 Å². The molecule has 2 aromatic heterocycles. The number of carbonyl (C=O) groups excluding carboxylic acids is 1. The van der Waals surface area contributed by atoms with Crippen LogP contribution in [0.15, 0.2) is 17.5 Å². The number of nitrogens with one attached hydrogen (secondary N) is 1. The molecule has 0 spiro atoms. The third-order valence-electron chi connectivity index (χ3n) is 3.82. The van der Waals surface area contributed by atoms with Crippen molar-refractivity contribution in [2.24, 2.45) is 5.73 Å². The van der Waals surface area contributed by atoms with E-state index < -0.39 is 5.54 Å². The van der Waals surface area contributed by atoms with Gasteiger partial charge in [0.1, 0.15) is 5.54 Å². The van der Waals surface area contributed by atoms with Crippen LogP contribution in [0, 0.1) is 0 Å². The summed E-state index contributed by atoms with van der Waals surface area (Å²) in [5.41, 5.74) is 6.24. The summed E-state index contributed by atoms with van der Waals surface area (Å²) >= 11 is 3.16. The van der Waals surface area contributed by atoms with Crippen LogP contribution < -0.4 is 11.1 Å². The molecule has 0 unspecified atom stereocenters. The molecule has 0 aromatic carbocycles. The maximum absolute atomic E-state index is 12.4. The van der Waals surface area contributed by atoms with Crippen molar-refractivity contribution in [1.29, 1.82) is 0 Å². The summed E-state index contributed by atoms with van der Waals surface area (Å²) in [6, 6.07) is 4.20. The minimum absolute atomic E-state index is 0. The van der Waals surface area contributed by atoms with Gasteiger partial charge in [-0.05, 0) is 31.4 Å². The lowest BCUT2D eigenvalue weighted by Gasteiger charge is -2.31. The number of thiophene rings is 1. The lowest BCUT2D eigenvalue weighted by Crippen LogP contribution is -2.54. The van der Waals surface area contributed by atoms with Gasteiger partial charge in [0.15, 0.2) is 5.13 Å². The molecule has 0 saturated carbocycles. The van der Waals surface area contributed by atoms with Gasteiger partial charge in [-0.15, -0.1) is 35.1 Å². The van der Waals surface area contributed by atoms with E-state index in [0.29, 0.717) is 31.2 Å². The second-order valence-corrected chi connectivity index (χ2v) is 7.41. The zero-order chi connectivity index (χ0) is 15.6. The predicted molar refractivity (Wildman–Crippen MR) is 97.7 cm³/mol. The van der Waals surface area contributed by atoms with Gasteiger partial charge < -0.3 is 15.8 Å². The van der Waals surface area contributed by atoms with E-state index in [-0.39, 0.29) is 18.3 Å². The molecule has 1 aliphatic heterocycles. The number of nitrogens with two attached hydrogens (primary N) is 1. The van der Waals surface area contributed by atoms with Crippen LogP contribution in [0.4, 0.5) is 5.13 Å². The highest BCUT2D eigenvalue weighted by Crippen LogP contribution is 2.31. The predicted octanol–water partition coefficient (Wildman–Crippen LogP) is 3.30. The molecule has 23 heavy (non-hydrogen) atoms. The third-order valence-corrected chi connectivity index (χ3v) is 5.83. The van der Waals surface area contributed by atoms with E-state index in [0.717, 1.165) is 17.0 Å². The number of aromatic nitrogens is 1. The Kier molecular flexibility index (Phi) is 6.16. The lowest BCUT2D eigenvalue weighted by molar-refractivity contribution is -0.124. The maximum atomic E-state index is 12.4. The number of aryl methyl sites for hydroxylation is 1. The van der Waals surface area contributed by atoms with Crippen molar-refractivity contribution in [3.63, 3.8) is 0 Å². The Labute approximate surface area is 149 Å². The summed E-state index contributed by atoms with van der Waals surface area (Å²) in [6.45, 7) is 3.20. The molecular weight excluding hydrogens is 354 g/mol. The number of thiazole rings is 1. The van der Waals surface area contributed by atoms with E-state index in [1.807, 2.05) is 5.38 Å². The second kappa shape index (κ2) is 7.72. The van der Waals surface area contributed by atoms with Crippen molar-refractivity contribution in [2.45, 2.75) is 31.7 Å². The quantitative estimate of drug-likeness (QED) is 0.861. The Morgan fingerprint density at radius 2 is 2.17 bits per heavy atom. The van der Waals surface area contributed by atoms with Crippen LogP contribution in [0.3, 0.4) is 0 Å². The molecule has 8 heteroatoms. The molecule has 1 aliphatic rings. The lowest BCUT2D eigenvalue weighted by atomic mass is 9.90. The normalized spacial score (nSPS) is 16.6. The highest BCUT2D eigenvalue weighted by Gasteiger charge is 2.36. The molecule has 0 atom stereocenters. The summed E-state index contributed by atoms with van der Waals surface area (Å²) < 4.78 is 5.27. The van der Waals surface area contributed by atoms with Crippen LogP contribution in [-0.4, -0.2) is 29.6 Å². The number of anilines is 1. The zero-order valence-corrected chi connectivity index (χ0v) is 15.3. The molecule has 2 aromatic rings. The van der Waals surface area contributed by atoms with Crippen LogP contribution >= 0.6 is 35.1 Å². The summed E-state index contributed by atoms with van der Waals surface area (Å²) in [6.07, 6.45) is 2.11. The number of rotatable bonds is 4. The van der Waals surface area contributed by atoms with E-state index >= 15 is 0 Å². The Balaban J connectivity index is 0.00000192. The first kappa shape index (κ1) is 18.4. The third kappa shape index (κ3) is 4.10. The topological polar surface area (TPSA) is 77.2 Å². The van der Waals surface area contributed by atoms with Crippen molar-refractivity contribution >= 4 is 46.1 Å². The Hall–Kier alpha value is -0.990. The largest absolute Gasteiger partial charge is 0.381 e. The van der Waals surface area contributed by atoms with E-state index in [9.17, 15) is 4.79 Å². The SMILES string of the molecule is CCc1ccc(-c2csc(NC(=O)C3(N)CCOCC3)n2)s1.Cl. The van der Waals surface area contributed by atoms with Crippen LogP contribution in [0.25, 0.3) is 10.6 Å². The summed E-state index contributed by atoms with van der Waals surface area (Å²) in [7, 11) is 0. The summed E-state index contributed by atoms with van der Waals surface area (Å²) in [5.74, 6) is -0.169. The molecular formula is C15H20ClN3O2S2. The number of hydrogen-bond donors (Lipinski definition) is 2. The van der Waals surface area contributed by atoms with Crippen molar-refractivity contribution in [2.75, 3.05) is 18.5 Å². The summed E-state index contributed by atoms with van der Waals surface area (Å²) in [5, 5.41) is 5.42. The summed E-state index contributed by atoms with van der Waals surface area (Å²) in [4.78, 5) is 19.3. The molecule has 0 radical (unpaired) electrons. The fourth-order valence-electron chi connectivity index (χ4n) is 2.33. The van der Waals surface area contributed by atoms with E-state index in [2.05, 4.69) is 29.4 Å². The second-order valence-electron chi connectivity index (χ2n) is 5.38. The minimum Gasteiger partial charge on any atom is -0.381 e. The van der Waals surface area contributed by atoms with Crippen molar-refractivity contribution in [3.8, 4) is 10.6 Å². The van der Waals surface area contributed by atoms with Crippen LogP contribution in [0.5, 0.6) is 0 Å². The van der Waals surface area contributed by atoms with Gasteiger partial charge in [-0.25, -0.2) is 4.98 Å². The molecule has 0 bridgehead atoms. The highest BCUT2D eigenvalue weighted by atomic mass is 35.5. The van der Waals surface area contributed by atoms with E-state index in [1.54, 1.807) is 11.3 Å². The molecule has 126 valence electrons. The van der Waals surface area contributed by atoms with Crippen molar-refractivity contribution < 1.29 is 9.53 Å². The molecule has 1 saturated heterocycles. The van der Waals surface area contributed by atoms with Gasteiger partial charge >= 0.3 is 0 Å². The number of hydrogen-bond acceptors (Lipinski definition) is 6. The number of nitrogens with zero attached hydrogens (tertiary/aromatic N) is 1. The number of amides is 1. The van der Waals surface area contributed by atoms with Crippen molar-refractivity contribution in [1.82, 2.24) is 4.98 Å². The zero-order valence-electron chi connectivity index (χ0n) is 12.8. The fraction of sp³-hybridized carbons (Fsp3) is 0.467. The van der Waals surface area contributed by atoms with Gasteiger partial charge in [0.25, 0.3) is 0 Å². The molecule has 3 rings (SSSR count). The van der Waals surface area contributed by atoms with Crippen LogP contribution in [-0.2, 0) is 16.0 Å². The molecule has 3 N–H and O–H groups in total. The van der Waals surface area contributed by atoms with Gasteiger partial charge in [-0.1, -0.05) is 6.92 Å². The smallest absolute Gasteiger partial charge is 0.246 e. The fourth-order valence-corrected chi connectivity index (χ4v) is 4.02. The van der Waals surface area contributed by atoms with Crippen LogP contribution in [0.2, 0.25) is 0 Å². The Morgan fingerprint density at radius 3 is 2.83 bits per heavy atom.